The van der Waals surface area contributed by atoms with Crippen molar-refractivity contribution < 1.29 is 19.1 Å². The van der Waals surface area contributed by atoms with E-state index in [1.54, 1.807) is 24.3 Å². The molecule has 0 fully saturated rings. The molecule has 1 amide bonds. The molecule has 24 heavy (non-hydrogen) atoms. The lowest BCUT2D eigenvalue weighted by Crippen LogP contribution is -2.15. The summed E-state index contributed by atoms with van der Waals surface area (Å²) >= 11 is 0. The molecule has 0 bridgehead atoms. The van der Waals surface area contributed by atoms with Crippen molar-refractivity contribution in [3.05, 3.63) is 52.6 Å². The molecule has 0 aromatic heterocycles. The van der Waals surface area contributed by atoms with E-state index in [0.717, 1.165) is 23.3 Å². The summed E-state index contributed by atoms with van der Waals surface area (Å²) in [5, 5.41) is 2.90. The van der Waals surface area contributed by atoms with Crippen molar-refractivity contribution in [2.75, 3.05) is 18.5 Å². The van der Waals surface area contributed by atoms with Gasteiger partial charge in [0.1, 0.15) is 11.5 Å². The third-order valence-electron chi connectivity index (χ3n) is 4.43. The maximum absolute atomic E-state index is 12.8. The van der Waals surface area contributed by atoms with Gasteiger partial charge < -0.3 is 14.8 Å². The summed E-state index contributed by atoms with van der Waals surface area (Å²) in [7, 11) is 0. The molecule has 122 valence electrons. The highest BCUT2D eigenvalue weighted by atomic mass is 16.5. The van der Waals surface area contributed by atoms with Gasteiger partial charge in [0.05, 0.1) is 18.8 Å². The van der Waals surface area contributed by atoms with Gasteiger partial charge in [-0.3, -0.25) is 9.59 Å². The first-order valence-electron chi connectivity index (χ1n) is 8.00. The van der Waals surface area contributed by atoms with E-state index in [4.69, 9.17) is 9.47 Å². The summed E-state index contributed by atoms with van der Waals surface area (Å²) in [6, 6.07) is 8.86. The Kier molecular flexibility index (Phi) is 3.49. The molecule has 4 rings (SSSR count). The van der Waals surface area contributed by atoms with Crippen LogP contribution in [0.1, 0.15) is 38.8 Å². The first-order valence-corrected chi connectivity index (χ1v) is 8.00. The number of nitrogens with one attached hydrogen (secondary N) is 1. The number of hydrogen-bond donors (Lipinski definition) is 1. The predicted octanol–water partition coefficient (Wildman–Crippen LogP) is 3.01. The average molecular weight is 323 g/mol. The second-order valence-corrected chi connectivity index (χ2v) is 6.00. The highest BCUT2D eigenvalue weighted by Gasteiger charge is 2.30. The van der Waals surface area contributed by atoms with Crippen LogP contribution in [0.4, 0.5) is 5.69 Å². The molecule has 2 aliphatic heterocycles. The number of carbonyl (C=O) groups is 2. The maximum atomic E-state index is 12.8. The molecule has 2 aromatic rings. The standard InChI is InChI=1S/C19H17NO4/c1-11(21)12-2-4-14(5-3-12)20-19(22)17-15-7-9-23-16(15)10-13-6-8-24-18(13)17/h2-5,10H,6-9H2,1H3,(H,20,22). The van der Waals surface area contributed by atoms with Crippen molar-refractivity contribution >= 4 is 17.4 Å². The van der Waals surface area contributed by atoms with Gasteiger partial charge in [0.2, 0.25) is 0 Å². The minimum Gasteiger partial charge on any atom is -0.493 e. The molecule has 1 N–H and O–H groups in total. The van der Waals surface area contributed by atoms with Crippen LogP contribution in [0, 0.1) is 0 Å². The van der Waals surface area contributed by atoms with Gasteiger partial charge in [-0.05, 0) is 37.3 Å². The molecule has 0 saturated carbocycles. The lowest BCUT2D eigenvalue weighted by molar-refractivity contribution is 0.101. The largest absolute Gasteiger partial charge is 0.493 e. The topological polar surface area (TPSA) is 64.6 Å². The molecule has 2 aliphatic rings. The molecule has 0 saturated heterocycles. The van der Waals surface area contributed by atoms with Crippen molar-refractivity contribution in [3.8, 4) is 11.5 Å². The number of benzene rings is 2. The Morgan fingerprint density at radius 1 is 1.04 bits per heavy atom. The van der Waals surface area contributed by atoms with Crippen molar-refractivity contribution in [1.82, 2.24) is 0 Å². The number of rotatable bonds is 3. The first-order chi connectivity index (χ1) is 11.6. The Hall–Kier alpha value is -2.82. The fourth-order valence-corrected chi connectivity index (χ4v) is 3.21. The summed E-state index contributed by atoms with van der Waals surface area (Å²) < 4.78 is 11.3. The molecule has 0 aliphatic carbocycles. The quantitative estimate of drug-likeness (QED) is 0.882. The smallest absolute Gasteiger partial charge is 0.259 e. The van der Waals surface area contributed by atoms with Crippen molar-refractivity contribution in [3.63, 3.8) is 0 Å². The van der Waals surface area contributed by atoms with Gasteiger partial charge in [-0.2, -0.15) is 0 Å². The normalized spacial score (nSPS) is 14.4. The van der Waals surface area contributed by atoms with Crippen LogP contribution in [0.15, 0.2) is 30.3 Å². The number of Topliss-reactive ketones (excluding diaryl/α,β-unsaturated/α-hetero) is 1. The number of hydrogen-bond acceptors (Lipinski definition) is 4. The molecule has 5 nitrogen and oxygen atoms in total. The van der Waals surface area contributed by atoms with E-state index >= 15 is 0 Å². The Balaban J connectivity index is 1.67. The van der Waals surface area contributed by atoms with E-state index in [0.29, 0.717) is 42.2 Å². The molecule has 2 aromatic carbocycles. The molecule has 0 spiro atoms. The lowest BCUT2D eigenvalue weighted by Gasteiger charge is -2.13. The molecule has 2 heterocycles. The molecule has 0 radical (unpaired) electrons. The van der Waals surface area contributed by atoms with E-state index in [2.05, 4.69) is 5.32 Å². The second-order valence-electron chi connectivity index (χ2n) is 6.00. The molecular weight excluding hydrogens is 306 g/mol. The number of amides is 1. The average Bonchev–Trinajstić information content (AvgIpc) is 3.21. The summed E-state index contributed by atoms with van der Waals surface area (Å²) in [5.74, 6) is 1.26. The van der Waals surface area contributed by atoms with Crippen molar-refractivity contribution in [2.24, 2.45) is 0 Å². The van der Waals surface area contributed by atoms with Crippen LogP contribution in [0.2, 0.25) is 0 Å². The maximum Gasteiger partial charge on any atom is 0.259 e. The van der Waals surface area contributed by atoms with Gasteiger partial charge in [-0.25, -0.2) is 0 Å². The van der Waals surface area contributed by atoms with E-state index in [9.17, 15) is 9.59 Å². The SMILES string of the molecule is CC(=O)c1ccc(NC(=O)c2c3c(cc4c2OCC4)OCC3)cc1. The van der Waals surface area contributed by atoms with Crippen LogP contribution in [0.5, 0.6) is 11.5 Å². The lowest BCUT2D eigenvalue weighted by atomic mass is 9.99. The molecule has 0 atom stereocenters. The number of ether oxygens (including phenoxy) is 2. The minimum atomic E-state index is -0.203. The van der Waals surface area contributed by atoms with E-state index in [1.807, 2.05) is 6.07 Å². The highest BCUT2D eigenvalue weighted by Crippen LogP contribution is 2.40. The highest BCUT2D eigenvalue weighted by molar-refractivity contribution is 6.08. The van der Waals surface area contributed by atoms with Crippen LogP contribution in [0.3, 0.4) is 0 Å². The first kappa shape index (κ1) is 14.8. The Labute approximate surface area is 139 Å². The van der Waals surface area contributed by atoms with Gasteiger partial charge in [0, 0.05) is 35.2 Å². The summed E-state index contributed by atoms with van der Waals surface area (Å²) in [6.45, 7) is 2.69. The number of fused-ring (bicyclic) bond motifs is 2. The summed E-state index contributed by atoms with van der Waals surface area (Å²) in [4.78, 5) is 24.2. The number of carbonyl (C=O) groups excluding carboxylic acids is 2. The van der Waals surface area contributed by atoms with E-state index < -0.39 is 0 Å². The Morgan fingerprint density at radius 3 is 2.54 bits per heavy atom. The van der Waals surface area contributed by atoms with Gasteiger partial charge in [0.25, 0.3) is 5.91 Å². The zero-order valence-corrected chi connectivity index (χ0v) is 13.3. The van der Waals surface area contributed by atoms with Crippen LogP contribution in [-0.4, -0.2) is 24.9 Å². The number of anilines is 1. The van der Waals surface area contributed by atoms with Crippen LogP contribution in [0.25, 0.3) is 0 Å². The fourth-order valence-electron chi connectivity index (χ4n) is 3.21. The van der Waals surface area contributed by atoms with Crippen LogP contribution < -0.4 is 14.8 Å². The summed E-state index contributed by atoms with van der Waals surface area (Å²) in [5.41, 5.74) is 3.77. The summed E-state index contributed by atoms with van der Waals surface area (Å²) in [6.07, 6.45) is 1.50. The van der Waals surface area contributed by atoms with Gasteiger partial charge in [-0.15, -0.1) is 0 Å². The van der Waals surface area contributed by atoms with Crippen LogP contribution >= 0.6 is 0 Å². The fraction of sp³-hybridized carbons (Fsp3) is 0.263. The van der Waals surface area contributed by atoms with Gasteiger partial charge >= 0.3 is 0 Å². The third kappa shape index (κ3) is 2.42. The molecular formula is C19H17NO4. The monoisotopic (exact) mass is 323 g/mol. The minimum absolute atomic E-state index is 0.00266. The zero-order chi connectivity index (χ0) is 16.7. The van der Waals surface area contributed by atoms with E-state index in [1.165, 1.54) is 6.92 Å². The zero-order valence-electron chi connectivity index (χ0n) is 13.3. The third-order valence-corrected chi connectivity index (χ3v) is 4.43. The van der Waals surface area contributed by atoms with E-state index in [-0.39, 0.29) is 11.7 Å². The Morgan fingerprint density at radius 2 is 1.79 bits per heavy atom. The predicted molar refractivity (Wildman–Crippen MR) is 89.2 cm³/mol. The molecule has 5 heteroatoms. The number of ketones is 1. The van der Waals surface area contributed by atoms with Crippen molar-refractivity contribution in [1.29, 1.82) is 0 Å². The van der Waals surface area contributed by atoms with Crippen LogP contribution in [-0.2, 0) is 12.8 Å². The van der Waals surface area contributed by atoms with Crippen molar-refractivity contribution in [2.45, 2.75) is 19.8 Å². The molecule has 0 unspecified atom stereocenters. The van der Waals surface area contributed by atoms with Gasteiger partial charge in [-0.1, -0.05) is 0 Å². The Bertz CT molecular complexity index is 807. The second kappa shape index (κ2) is 5.67. The van der Waals surface area contributed by atoms with Gasteiger partial charge in [0.15, 0.2) is 5.78 Å².